The van der Waals surface area contributed by atoms with Gasteiger partial charge in [-0.3, -0.25) is 37.3 Å². The molecular weight excluding hydrogens is 1980 g/mol. The third-order valence-electron chi connectivity index (χ3n) is 19.6. The van der Waals surface area contributed by atoms with Gasteiger partial charge in [0, 0.05) is 52.1 Å². The summed E-state index contributed by atoms with van der Waals surface area (Å²) in [6, 6.07) is 20.9. The van der Waals surface area contributed by atoms with Crippen LogP contribution in [0.1, 0.15) is 86.3 Å². The Bertz CT molecular complexity index is 4580. The van der Waals surface area contributed by atoms with Crippen molar-refractivity contribution in [2.24, 2.45) is 17.2 Å². The first-order valence-corrected chi connectivity index (χ1v) is 49.0. The molecule has 9 aliphatic rings. The number of alkyl carbamates (subject to hydrolysis) is 1. The van der Waals surface area contributed by atoms with Crippen LogP contribution >= 0.6 is 62.7 Å². The van der Waals surface area contributed by atoms with Gasteiger partial charge in [0.15, 0.2) is 0 Å². The molecule has 0 aliphatic carbocycles. The molecule has 0 aromatic heterocycles. The fourth-order valence-corrected chi connectivity index (χ4v) is 18.9. The van der Waals surface area contributed by atoms with Crippen LogP contribution in [-0.2, 0) is 120 Å². The predicted octanol–water partition coefficient (Wildman–Crippen LogP) is -6.31. The number of halogens is 2. The Balaban J connectivity index is 0.000000355. The molecule has 5 amide bonds. The van der Waals surface area contributed by atoms with Crippen molar-refractivity contribution >= 4 is 104 Å². The van der Waals surface area contributed by atoms with E-state index in [2.05, 4.69) is 25.0 Å². The van der Waals surface area contributed by atoms with Gasteiger partial charge in [0.05, 0.1) is 161 Å². The Morgan fingerprint density at radius 3 is 1.06 bits per heavy atom. The van der Waals surface area contributed by atoms with Crippen LogP contribution in [0.25, 0.3) is 0 Å². The number of carbonyl (C=O) groups excluding carboxylic acids is 6. The number of aliphatic hydroxyl groups excluding tert-OH is 8. The molecule has 20 unspecified atom stereocenters. The van der Waals surface area contributed by atoms with Crippen LogP contribution in [0, 0.1) is 0 Å². The Labute approximate surface area is 859 Å². The number of fused-ring (bicyclic) bond motifs is 8. The van der Waals surface area contributed by atoms with E-state index in [4.69, 9.17) is 101 Å². The maximum absolute atomic E-state index is 12.2. The Hall–Kier alpha value is -4.91. The van der Waals surface area contributed by atoms with E-state index in [0.717, 1.165) is 15.4 Å². The minimum absolute atomic E-state index is 0. The van der Waals surface area contributed by atoms with Crippen molar-refractivity contribution in [1.82, 2.24) is 21.0 Å². The van der Waals surface area contributed by atoms with Gasteiger partial charge in [0.2, 0.25) is 37.0 Å². The Morgan fingerprint density at radius 1 is 0.471 bits per heavy atom. The van der Waals surface area contributed by atoms with Crippen LogP contribution in [0.5, 0.6) is 23.0 Å². The largest absolute Gasteiger partial charge is 1.00 e. The zero-order valence-corrected chi connectivity index (χ0v) is 86.4. The number of nitrogens with two attached hydrogens (primary N) is 3. The number of rotatable bonds is 32. The number of hydrogen-bond donors (Lipinski definition) is 17. The van der Waals surface area contributed by atoms with Gasteiger partial charge in [-0.15, -0.1) is 52.1 Å². The summed E-state index contributed by atoms with van der Waals surface area (Å²) in [5.41, 5.74) is 17.7. The SMILES string of the molecule is CC(C)(C)OC(=O)NCCOCCOCCN.CC1OC2Oc3ccc(CC(=O)NCCOCCOCCN)cc3SC2C(O)C1O.CC1OC2Oc3ccc(CC(=O)NCCOP(=O)([O-])[O-])cc3SC2C(O)C1O.CC1OC2Oc3ccc(CC(=O)O)cc3SC2C(O)C1O.CC1OC2Oc3ccc(CC(=O)ON4C(=O)CCC4=O)cc3SC2C(O)C1O.NCCOP(=O)(O)O.[2H]CF.[2H]CF.[Na+].[Na+]. The van der Waals surface area contributed by atoms with Gasteiger partial charge in [0.1, 0.15) is 98.4 Å². The number of hydrogen-bond acceptors (Lipinski definition) is 42. The summed E-state index contributed by atoms with van der Waals surface area (Å²) in [6.07, 6.45) is -13.0. The molecule has 9 aliphatic heterocycles. The van der Waals surface area contributed by atoms with Crippen molar-refractivity contribution in [2.75, 3.05) is 120 Å². The predicted molar refractivity (Wildman–Crippen MR) is 478 cm³/mol. The maximum atomic E-state index is 12.2. The van der Waals surface area contributed by atoms with Gasteiger partial charge in [0.25, 0.3) is 11.8 Å². The molecule has 20 atom stereocenters. The second-order valence-electron chi connectivity index (χ2n) is 31.4. The van der Waals surface area contributed by atoms with Gasteiger partial charge in [-0.05, 0) is 119 Å². The number of carboxylic acids is 1. The number of thioether (sulfide) groups is 4. The van der Waals surface area contributed by atoms with Crippen LogP contribution < -0.4 is 121 Å². The number of nitrogens with one attached hydrogen (secondary N) is 3. The van der Waals surface area contributed by atoms with Crippen molar-refractivity contribution < 1.29 is 254 Å². The third-order valence-corrected chi connectivity index (χ3v) is 26.0. The van der Waals surface area contributed by atoms with Crippen molar-refractivity contribution in [3.05, 3.63) is 95.1 Å². The molecule has 0 saturated carbocycles. The summed E-state index contributed by atoms with van der Waals surface area (Å²) in [4.78, 5) is 126. The molecule has 5 fully saturated rings. The number of amides is 5. The van der Waals surface area contributed by atoms with Crippen LogP contribution in [0.2, 0.25) is 0 Å². The van der Waals surface area contributed by atoms with Crippen LogP contribution in [-0.4, -0.2) is 347 Å². The van der Waals surface area contributed by atoms with Gasteiger partial charge in [-0.1, -0.05) is 24.3 Å². The number of alkyl halides is 2. The molecule has 0 bridgehead atoms. The molecule has 20 N–H and O–H groups in total. The molecule has 13 rings (SSSR count). The summed E-state index contributed by atoms with van der Waals surface area (Å²) in [7, 11) is -11.3. The molecule has 9 heterocycles. The number of phosphoric acid groups is 2. The van der Waals surface area contributed by atoms with Crippen LogP contribution in [0.4, 0.5) is 13.6 Å². The van der Waals surface area contributed by atoms with Crippen molar-refractivity contribution in [1.29, 1.82) is 0 Å². The normalized spacial score (nSPS) is 26.0. The van der Waals surface area contributed by atoms with E-state index in [1.807, 2.05) is 32.9 Å². The first-order chi connectivity index (χ1) is 65.3. The number of phosphoric ester groups is 2. The number of benzene rings is 4. The number of carboxylic acid groups (broad SMARTS) is 1. The zero-order valence-electron chi connectivity index (χ0n) is 79.4. The number of carbonyl (C=O) groups is 7. The summed E-state index contributed by atoms with van der Waals surface area (Å²) >= 11 is 5.35. The minimum Gasteiger partial charge on any atom is -0.790 e. The molecule has 45 nitrogen and oxygen atoms in total. The van der Waals surface area contributed by atoms with E-state index in [-0.39, 0.29) is 129 Å². The molecular formula is C83H123F2N7Na2O38P2S4. The molecule has 55 heteroatoms. The Kier molecular flexibility index (Phi) is 55.4. The summed E-state index contributed by atoms with van der Waals surface area (Å²) in [5, 5.41) is 96.4. The number of nitrogens with zero attached hydrogens (tertiary/aromatic N) is 1. The van der Waals surface area contributed by atoms with E-state index in [1.54, 1.807) is 88.4 Å². The van der Waals surface area contributed by atoms with Gasteiger partial charge in [-0.2, -0.15) is 0 Å². The van der Waals surface area contributed by atoms with Crippen molar-refractivity contribution in [3.8, 4) is 23.0 Å². The quantitative estimate of drug-likeness (QED) is 0.00936. The van der Waals surface area contributed by atoms with E-state index in [9.17, 15) is 102 Å². The van der Waals surface area contributed by atoms with E-state index >= 15 is 0 Å². The molecule has 768 valence electrons. The van der Waals surface area contributed by atoms with E-state index in [0.29, 0.717) is 134 Å². The fourth-order valence-electron chi connectivity index (χ4n) is 13.1. The fraction of sp³-hybridized carbons (Fsp3) is 0.627. The third kappa shape index (κ3) is 41.9. The minimum atomic E-state index is -5.05. The first-order valence-electron chi connectivity index (χ1n) is 43.9. The molecule has 0 spiro atoms. The summed E-state index contributed by atoms with van der Waals surface area (Å²) in [5.74, 6) is -0.824. The monoisotopic (exact) mass is 2100 g/mol. The van der Waals surface area contributed by atoms with Gasteiger partial charge in [-0.25, -0.2) is 14.2 Å². The Morgan fingerprint density at radius 2 is 0.768 bits per heavy atom. The second kappa shape index (κ2) is 62.8. The number of aliphatic carboxylic acids is 1. The number of aliphatic hydroxyl groups is 8. The topological polar surface area (TPSA) is 687 Å². The van der Waals surface area contributed by atoms with Gasteiger partial charge < -0.3 is 174 Å². The van der Waals surface area contributed by atoms with Crippen molar-refractivity contribution in [3.63, 3.8) is 0 Å². The van der Waals surface area contributed by atoms with Crippen LogP contribution in [0.3, 0.4) is 0 Å². The number of ether oxygens (including phenoxy) is 13. The van der Waals surface area contributed by atoms with E-state index < -0.39 is 191 Å². The molecule has 4 aromatic carbocycles. The average molecular weight is 2100 g/mol. The van der Waals surface area contributed by atoms with E-state index in [1.165, 1.54) is 47.0 Å². The maximum Gasteiger partial charge on any atom is 1.00 e. The summed E-state index contributed by atoms with van der Waals surface area (Å²) in [6.45, 7) is 17.3. The molecule has 5 saturated heterocycles. The molecule has 4 aromatic rings. The number of imide groups is 1. The van der Waals surface area contributed by atoms with Crippen LogP contribution in [0.15, 0.2) is 92.4 Å². The van der Waals surface area contributed by atoms with Gasteiger partial charge >= 0.3 is 85.0 Å². The summed E-state index contributed by atoms with van der Waals surface area (Å²) < 4.78 is 131. The number of hydroxylamine groups is 2. The zero-order chi connectivity index (χ0) is 102. The average Bonchev–Trinajstić information content (AvgIpc) is 1.11. The molecule has 138 heavy (non-hydrogen) atoms. The second-order valence-corrected chi connectivity index (χ2v) is 38.7. The smallest absolute Gasteiger partial charge is 0.790 e. The first kappa shape index (κ1) is 122. The molecule has 0 radical (unpaired) electrons. The van der Waals surface area contributed by atoms with Crippen molar-refractivity contribution in [2.45, 2.75) is 232 Å². The standard InChI is InChI=1S/C20H30N2O7S.C18H19NO8S.C16H22NO9PS.C14H16O6S.C11H24N2O4.C2H8NO4P.2CH3F.2Na/c1-12-17(24)18(25)19-20(28-12)29-14-3-2-13(10-15(14)30-19)11-16(23)22-5-7-27-9-8-26-6-4-21;1-8-15(23)16(24)17-18(25-8)26-10-3-2-9(6-11(10)28-17)7-14(22)27-19-12(20)4-5-13(19)21;1-8-13(19)14(20)15-16(25-8)26-10-3-2-9(6-11(10)28-15)7-12(18)17-4-5-24-27(21,22)23;1-6-11(17)12(18)13-14(19-6)20-8-3-2-7(5-10(15)16)4-9(8)21-13;1-11(2,3)17-10(14)13-5-7-16-9-8-15-6-4-12;3-1-2-7-8(4,5)6;2*1-2;;/h2-3,10,12,17-20,24-25H,4-9,11,21H2,1H3,(H,22,23);2-3,6,8,15-18,23-24H,4-5,7H2,1H3;2-3,6,8,13-16,19-20H,4-5,7H2,1H3,(H,17,18)(H2,21,22,23);2-4,6,11-14,17-18H,5H2,1H3,(H,15,16);4-9,12H2,1-3H3,(H,13,14);1-3H2,(H2,4,5,6);2*1H3;;/q;;;;;;;;2*+1/p-2/i;;;;;;2*1D;;.